The van der Waals surface area contributed by atoms with Crippen LogP contribution in [0.4, 0.5) is 4.79 Å². The number of likely N-dealkylation sites (tertiary alicyclic amines) is 1. The Balaban J connectivity index is 2.70. The molecule has 0 radical (unpaired) electrons. The van der Waals surface area contributed by atoms with Crippen molar-refractivity contribution in [3.05, 3.63) is 0 Å². The summed E-state index contributed by atoms with van der Waals surface area (Å²) in [6.45, 7) is 5.95. The number of rotatable bonds is 3. The minimum atomic E-state index is -0.517. The van der Waals surface area contributed by atoms with E-state index in [9.17, 15) is 9.90 Å². The zero-order valence-electron chi connectivity index (χ0n) is 11.1. The average Bonchev–Trinajstić information content (AvgIpc) is 2.58. The Hall–Kier alpha value is -0.810. The van der Waals surface area contributed by atoms with Crippen LogP contribution in [0.1, 0.15) is 33.6 Å². The molecule has 0 bridgehead atoms. The molecular formula is C12H23NO4. The van der Waals surface area contributed by atoms with Crippen molar-refractivity contribution in [2.75, 3.05) is 20.3 Å². The highest BCUT2D eigenvalue weighted by molar-refractivity contribution is 5.69. The van der Waals surface area contributed by atoms with Crippen LogP contribution in [0.25, 0.3) is 0 Å². The van der Waals surface area contributed by atoms with Crippen LogP contribution in [-0.2, 0) is 9.47 Å². The van der Waals surface area contributed by atoms with Crippen molar-refractivity contribution in [2.24, 2.45) is 0 Å². The average molecular weight is 245 g/mol. The largest absolute Gasteiger partial charge is 0.444 e. The minimum absolute atomic E-state index is 0.00648. The lowest BCUT2D eigenvalue weighted by Crippen LogP contribution is -2.46. The standard InChI is InChI=1S/C12H23NO4/c1-12(2,3)17-11(15)13-9(7-14)5-6-10(13)8-16-4/h9-10,14H,5-8H2,1-4H3. The van der Waals surface area contributed by atoms with Crippen molar-refractivity contribution in [1.82, 2.24) is 4.90 Å². The highest BCUT2D eigenvalue weighted by atomic mass is 16.6. The Bertz CT molecular complexity index is 262. The van der Waals surface area contributed by atoms with E-state index in [1.165, 1.54) is 0 Å². The number of aliphatic hydroxyl groups excluding tert-OH is 1. The molecule has 1 rings (SSSR count). The second-order valence-corrected chi connectivity index (χ2v) is 5.41. The molecule has 0 aromatic rings. The van der Waals surface area contributed by atoms with E-state index in [4.69, 9.17) is 9.47 Å². The molecule has 2 atom stereocenters. The van der Waals surface area contributed by atoms with E-state index in [1.54, 1.807) is 12.0 Å². The second kappa shape index (κ2) is 5.69. The van der Waals surface area contributed by atoms with Gasteiger partial charge in [-0.05, 0) is 33.6 Å². The minimum Gasteiger partial charge on any atom is -0.444 e. The lowest BCUT2D eigenvalue weighted by molar-refractivity contribution is 0.000308. The molecule has 5 heteroatoms. The lowest BCUT2D eigenvalue weighted by atomic mass is 10.2. The summed E-state index contributed by atoms with van der Waals surface area (Å²) in [6.07, 6.45) is 1.28. The van der Waals surface area contributed by atoms with Crippen LogP contribution in [0.3, 0.4) is 0 Å². The molecule has 5 nitrogen and oxygen atoms in total. The van der Waals surface area contributed by atoms with Gasteiger partial charge in [-0.15, -0.1) is 0 Å². The van der Waals surface area contributed by atoms with E-state index in [0.717, 1.165) is 12.8 Å². The van der Waals surface area contributed by atoms with E-state index >= 15 is 0 Å². The summed E-state index contributed by atoms with van der Waals surface area (Å²) in [6, 6.07) is -0.142. The number of aliphatic hydroxyl groups is 1. The van der Waals surface area contributed by atoms with Crippen molar-refractivity contribution in [2.45, 2.75) is 51.3 Å². The zero-order valence-corrected chi connectivity index (χ0v) is 11.1. The lowest BCUT2D eigenvalue weighted by Gasteiger charge is -2.31. The van der Waals surface area contributed by atoms with Gasteiger partial charge >= 0.3 is 6.09 Å². The van der Waals surface area contributed by atoms with Crippen molar-refractivity contribution in [3.8, 4) is 0 Å². The summed E-state index contributed by atoms with van der Waals surface area (Å²) in [4.78, 5) is 13.7. The monoisotopic (exact) mass is 245 g/mol. The predicted molar refractivity (Wildman–Crippen MR) is 63.8 cm³/mol. The van der Waals surface area contributed by atoms with Gasteiger partial charge in [0.1, 0.15) is 5.60 Å². The molecule has 1 saturated heterocycles. The van der Waals surface area contributed by atoms with E-state index in [-0.39, 0.29) is 24.8 Å². The van der Waals surface area contributed by atoms with Crippen LogP contribution in [0.2, 0.25) is 0 Å². The Morgan fingerprint density at radius 1 is 1.35 bits per heavy atom. The van der Waals surface area contributed by atoms with Crippen LogP contribution in [-0.4, -0.2) is 54.1 Å². The molecule has 0 aromatic carbocycles. The molecule has 0 saturated carbocycles. The molecule has 2 unspecified atom stereocenters. The molecule has 100 valence electrons. The Morgan fingerprint density at radius 2 is 1.94 bits per heavy atom. The number of hydrogen-bond acceptors (Lipinski definition) is 4. The van der Waals surface area contributed by atoms with Gasteiger partial charge in [-0.3, -0.25) is 4.90 Å². The normalized spacial score (nSPS) is 25.1. The molecule has 1 aliphatic rings. The molecule has 0 aliphatic carbocycles. The van der Waals surface area contributed by atoms with E-state index in [2.05, 4.69) is 0 Å². The van der Waals surface area contributed by atoms with Gasteiger partial charge in [0, 0.05) is 7.11 Å². The molecule has 1 heterocycles. The summed E-state index contributed by atoms with van der Waals surface area (Å²) >= 11 is 0. The maximum absolute atomic E-state index is 12.1. The topological polar surface area (TPSA) is 59.0 Å². The SMILES string of the molecule is COCC1CCC(CO)N1C(=O)OC(C)(C)C. The van der Waals surface area contributed by atoms with E-state index in [1.807, 2.05) is 20.8 Å². The fraction of sp³-hybridized carbons (Fsp3) is 0.917. The number of carbonyl (C=O) groups excluding carboxylic acids is 1. The van der Waals surface area contributed by atoms with Gasteiger partial charge in [-0.25, -0.2) is 4.79 Å². The zero-order chi connectivity index (χ0) is 13.1. The number of nitrogens with zero attached hydrogens (tertiary/aromatic N) is 1. The van der Waals surface area contributed by atoms with Gasteiger partial charge in [0.15, 0.2) is 0 Å². The highest BCUT2D eigenvalue weighted by Crippen LogP contribution is 2.26. The molecule has 17 heavy (non-hydrogen) atoms. The maximum Gasteiger partial charge on any atom is 0.410 e. The summed E-state index contributed by atoms with van der Waals surface area (Å²) in [5.74, 6) is 0. The first kappa shape index (κ1) is 14.3. The van der Waals surface area contributed by atoms with Gasteiger partial charge in [-0.1, -0.05) is 0 Å². The van der Waals surface area contributed by atoms with Crippen LogP contribution in [0.15, 0.2) is 0 Å². The van der Waals surface area contributed by atoms with E-state index < -0.39 is 5.60 Å². The van der Waals surface area contributed by atoms with Gasteiger partial charge in [0.05, 0.1) is 25.3 Å². The number of hydrogen-bond donors (Lipinski definition) is 1. The third-order valence-corrected chi connectivity index (χ3v) is 2.79. The molecule has 1 amide bonds. The second-order valence-electron chi connectivity index (χ2n) is 5.41. The van der Waals surface area contributed by atoms with Crippen LogP contribution in [0, 0.1) is 0 Å². The first-order valence-corrected chi connectivity index (χ1v) is 6.00. The van der Waals surface area contributed by atoms with Gasteiger partial charge in [0.2, 0.25) is 0 Å². The van der Waals surface area contributed by atoms with Crippen LogP contribution in [0.5, 0.6) is 0 Å². The molecule has 1 fully saturated rings. The van der Waals surface area contributed by atoms with E-state index in [0.29, 0.717) is 6.61 Å². The fourth-order valence-electron chi connectivity index (χ4n) is 2.11. The Morgan fingerprint density at radius 3 is 2.41 bits per heavy atom. The Labute approximate surface area is 103 Å². The predicted octanol–water partition coefficient (Wildman–Crippen LogP) is 1.39. The summed E-state index contributed by atoms with van der Waals surface area (Å²) < 4.78 is 10.4. The number of amides is 1. The first-order valence-electron chi connectivity index (χ1n) is 6.00. The highest BCUT2D eigenvalue weighted by Gasteiger charge is 2.38. The van der Waals surface area contributed by atoms with Crippen molar-refractivity contribution in [3.63, 3.8) is 0 Å². The quantitative estimate of drug-likeness (QED) is 0.816. The molecule has 1 N–H and O–H groups in total. The van der Waals surface area contributed by atoms with Crippen molar-refractivity contribution >= 4 is 6.09 Å². The smallest absolute Gasteiger partial charge is 0.410 e. The number of methoxy groups -OCH3 is 1. The molecular weight excluding hydrogens is 222 g/mol. The third-order valence-electron chi connectivity index (χ3n) is 2.79. The van der Waals surface area contributed by atoms with Crippen LogP contribution < -0.4 is 0 Å². The Kier molecular flexibility index (Phi) is 4.77. The number of carbonyl (C=O) groups is 1. The van der Waals surface area contributed by atoms with Gasteiger partial charge in [0.25, 0.3) is 0 Å². The molecule has 0 spiro atoms. The first-order chi connectivity index (χ1) is 7.89. The maximum atomic E-state index is 12.1. The number of ether oxygens (including phenoxy) is 2. The van der Waals surface area contributed by atoms with Crippen molar-refractivity contribution in [1.29, 1.82) is 0 Å². The molecule has 0 aromatic heterocycles. The third kappa shape index (κ3) is 3.85. The summed E-state index contributed by atoms with van der Waals surface area (Å²) in [7, 11) is 1.61. The fourth-order valence-corrected chi connectivity index (χ4v) is 2.11. The van der Waals surface area contributed by atoms with Gasteiger partial charge < -0.3 is 14.6 Å². The van der Waals surface area contributed by atoms with Gasteiger partial charge in [-0.2, -0.15) is 0 Å². The molecule has 1 aliphatic heterocycles. The van der Waals surface area contributed by atoms with Crippen LogP contribution >= 0.6 is 0 Å². The summed E-state index contributed by atoms with van der Waals surface area (Å²) in [5.41, 5.74) is -0.517. The van der Waals surface area contributed by atoms with Crippen molar-refractivity contribution < 1.29 is 19.4 Å². The summed E-state index contributed by atoms with van der Waals surface area (Å²) in [5, 5.41) is 9.28.